The van der Waals surface area contributed by atoms with E-state index >= 15 is 0 Å². The molecule has 5 aromatic heterocycles. The number of hydrogen-bond acceptors (Lipinski definition) is 8. The summed E-state index contributed by atoms with van der Waals surface area (Å²) >= 11 is 0. The van der Waals surface area contributed by atoms with Gasteiger partial charge in [0.1, 0.15) is 23.1 Å². The highest BCUT2D eigenvalue weighted by Crippen LogP contribution is 2.41. The van der Waals surface area contributed by atoms with Gasteiger partial charge >= 0.3 is 0 Å². The number of nitrogens with zero attached hydrogens (tertiary/aromatic N) is 6. The van der Waals surface area contributed by atoms with Gasteiger partial charge in [-0.3, -0.25) is 19.1 Å². The van der Waals surface area contributed by atoms with E-state index < -0.39 is 0 Å². The van der Waals surface area contributed by atoms with Crippen molar-refractivity contribution >= 4 is 43.6 Å². The third-order valence-electron chi connectivity index (χ3n) is 11.6. The third-order valence-corrected chi connectivity index (χ3v) is 11.6. The molecule has 10 heteroatoms. The first-order valence-corrected chi connectivity index (χ1v) is 20.9. The van der Waals surface area contributed by atoms with Crippen LogP contribution in [0.5, 0.6) is 34.5 Å². The van der Waals surface area contributed by atoms with Gasteiger partial charge in [-0.2, -0.15) is 0 Å². The number of ether oxygens (including phenoxy) is 4. The predicted octanol–water partition coefficient (Wildman–Crippen LogP) is 13.0. The van der Waals surface area contributed by atoms with Crippen molar-refractivity contribution in [3.63, 3.8) is 0 Å². The zero-order valence-corrected chi connectivity index (χ0v) is 35.5. The number of hydrogen-bond donors (Lipinski definition) is 0. The minimum Gasteiger partial charge on any atom is -0.493 e. The fraction of sp³-hybridized carbons (Fsp3) is 0.0741. The molecule has 0 aliphatic rings. The van der Waals surface area contributed by atoms with E-state index in [2.05, 4.69) is 83.6 Å². The molecule has 5 heterocycles. The highest BCUT2D eigenvalue weighted by molar-refractivity contribution is 6.10. The molecule has 6 aromatic carbocycles. The second-order valence-corrected chi connectivity index (χ2v) is 15.7. The summed E-state index contributed by atoms with van der Waals surface area (Å²) in [7, 11) is 3.27. The molecule has 0 radical (unpaired) electrons. The van der Waals surface area contributed by atoms with Crippen molar-refractivity contribution < 1.29 is 18.9 Å². The lowest BCUT2D eigenvalue weighted by atomic mass is 10.1. The van der Waals surface area contributed by atoms with Crippen LogP contribution in [-0.2, 0) is 0 Å². The van der Waals surface area contributed by atoms with Gasteiger partial charge < -0.3 is 18.9 Å². The molecular weight excluding hydrogens is 797 g/mol. The number of aromatic nitrogens is 6. The van der Waals surface area contributed by atoms with E-state index in [4.69, 9.17) is 38.9 Å². The zero-order chi connectivity index (χ0) is 43.3. The number of methoxy groups -OCH3 is 2. The Hall–Kier alpha value is -8.50. The van der Waals surface area contributed by atoms with Crippen molar-refractivity contribution in [1.29, 1.82) is 0 Å². The summed E-state index contributed by atoms with van der Waals surface area (Å²) < 4.78 is 29.1. The Balaban J connectivity index is 0.890. The number of pyridine rings is 2. The lowest BCUT2D eigenvalue weighted by Gasteiger charge is -2.14. The maximum absolute atomic E-state index is 6.59. The van der Waals surface area contributed by atoms with E-state index in [-0.39, 0.29) is 0 Å². The molecular formula is C54H40N6O4. The van der Waals surface area contributed by atoms with E-state index in [0.29, 0.717) is 45.9 Å². The summed E-state index contributed by atoms with van der Waals surface area (Å²) in [6, 6.07) is 48.7. The lowest BCUT2D eigenvalue weighted by Crippen LogP contribution is -1.98. The molecule has 0 spiro atoms. The summed E-state index contributed by atoms with van der Waals surface area (Å²) in [5.41, 5.74) is 9.37. The number of fused-ring (bicyclic) bond motifs is 6. The highest BCUT2D eigenvalue weighted by Gasteiger charge is 2.18. The first-order valence-electron chi connectivity index (χ1n) is 20.9. The van der Waals surface area contributed by atoms with Crippen LogP contribution < -0.4 is 18.9 Å². The standard InChI is InChI=1S/C54H40N6O4/c1-33-21-23-55-53(25-33)59-45-11-7-5-9-39(45)41-17-15-37(29-47(41)59)63-51-27-35(13-19-49(51)61-3)43-31-58-44(32-57-43)36-14-20-50(62-4)52(28-36)64-38-16-18-42-40-10-6-8-12-46(40)60(48(42)30-38)54-26-34(2)22-24-56-54/h5-32H,1-4H3. The number of rotatable bonds is 10. The lowest BCUT2D eigenvalue weighted by molar-refractivity contribution is 0.379. The van der Waals surface area contributed by atoms with Crippen LogP contribution in [0.15, 0.2) is 170 Å². The molecule has 0 unspecified atom stereocenters. The Morgan fingerprint density at radius 2 is 0.828 bits per heavy atom. The van der Waals surface area contributed by atoms with E-state index in [1.54, 1.807) is 26.6 Å². The van der Waals surface area contributed by atoms with Crippen LogP contribution in [0.2, 0.25) is 0 Å². The molecule has 0 atom stereocenters. The molecule has 10 nitrogen and oxygen atoms in total. The first kappa shape index (κ1) is 38.4. The normalized spacial score (nSPS) is 11.4. The van der Waals surface area contributed by atoms with E-state index in [9.17, 15) is 0 Å². The smallest absolute Gasteiger partial charge is 0.169 e. The van der Waals surface area contributed by atoms with Crippen LogP contribution in [0.25, 0.3) is 77.8 Å². The Labute approximate surface area is 368 Å². The van der Waals surface area contributed by atoms with Crippen LogP contribution in [-0.4, -0.2) is 43.3 Å². The summed E-state index contributed by atoms with van der Waals surface area (Å²) in [4.78, 5) is 19.2. The molecule has 0 bridgehead atoms. The third kappa shape index (κ3) is 6.78. The van der Waals surface area contributed by atoms with Crippen molar-refractivity contribution in [3.8, 4) is 68.6 Å². The highest BCUT2D eigenvalue weighted by atomic mass is 16.5. The minimum absolute atomic E-state index is 0.548. The SMILES string of the molecule is COc1ccc(-c2cnc(-c3ccc(OC)c(Oc4ccc5c6ccccc6n(-c6cc(C)ccn6)c5c4)c3)cn2)cc1Oc1ccc2c3ccccc3n(-c3cc(C)ccn3)c2c1. The second-order valence-electron chi connectivity index (χ2n) is 15.7. The van der Waals surface area contributed by atoms with E-state index in [1.807, 2.05) is 97.3 Å². The molecule has 0 aliphatic carbocycles. The maximum Gasteiger partial charge on any atom is 0.169 e. The van der Waals surface area contributed by atoms with Gasteiger partial charge in [0, 0.05) is 57.2 Å². The molecule has 310 valence electrons. The zero-order valence-electron chi connectivity index (χ0n) is 35.5. The van der Waals surface area contributed by atoms with Gasteiger partial charge in [0.25, 0.3) is 0 Å². The second kappa shape index (κ2) is 15.8. The van der Waals surface area contributed by atoms with Gasteiger partial charge in [-0.15, -0.1) is 0 Å². The van der Waals surface area contributed by atoms with E-state index in [1.165, 1.54) is 0 Å². The van der Waals surface area contributed by atoms with Gasteiger partial charge in [-0.25, -0.2) is 9.97 Å². The Kier molecular flexibility index (Phi) is 9.46. The molecule has 0 aliphatic heterocycles. The van der Waals surface area contributed by atoms with Gasteiger partial charge in [0.2, 0.25) is 0 Å². The average Bonchev–Trinajstić information content (AvgIpc) is 3.83. The summed E-state index contributed by atoms with van der Waals surface area (Å²) in [5, 5.41) is 4.49. The molecule has 0 fully saturated rings. The van der Waals surface area contributed by atoms with Gasteiger partial charge in [0.15, 0.2) is 23.0 Å². The van der Waals surface area contributed by atoms with Crippen LogP contribution >= 0.6 is 0 Å². The van der Waals surface area contributed by atoms with Gasteiger partial charge in [-0.1, -0.05) is 36.4 Å². The van der Waals surface area contributed by atoms with Crippen molar-refractivity contribution in [2.24, 2.45) is 0 Å². The van der Waals surface area contributed by atoms with Gasteiger partial charge in [0.05, 0.1) is 60.1 Å². The first-order chi connectivity index (χ1) is 31.4. The Bertz CT molecular complexity index is 3340. The topological polar surface area (TPSA) is 98.3 Å². The number of benzene rings is 6. The van der Waals surface area contributed by atoms with Crippen LogP contribution in [0.1, 0.15) is 11.1 Å². The molecule has 64 heavy (non-hydrogen) atoms. The number of aryl methyl sites for hydroxylation is 2. The summed E-state index contributed by atoms with van der Waals surface area (Å²) in [6.45, 7) is 4.15. The maximum atomic E-state index is 6.59. The quantitative estimate of drug-likeness (QED) is 0.134. The summed E-state index contributed by atoms with van der Waals surface area (Å²) in [6.07, 6.45) is 7.20. The summed E-state index contributed by atoms with van der Waals surface area (Å²) in [5.74, 6) is 5.28. The fourth-order valence-electron chi connectivity index (χ4n) is 8.52. The van der Waals surface area contributed by atoms with E-state index in [0.717, 1.165) is 77.5 Å². The Morgan fingerprint density at radius 1 is 0.391 bits per heavy atom. The fourth-order valence-corrected chi connectivity index (χ4v) is 8.52. The monoisotopic (exact) mass is 836 g/mol. The van der Waals surface area contributed by atoms with Crippen molar-refractivity contribution in [2.45, 2.75) is 13.8 Å². The molecule has 0 N–H and O–H groups in total. The minimum atomic E-state index is 0.548. The molecule has 0 saturated heterocycles. The Morgan fingerprint density at radius 3 is 1.25 bits per heavy atom. The van der Waals surface area contributed by atoms with Gasteiger partial charge in [-0.05, 0) is 122 Å². The molecule has 11 rings (SSSR count). The largest absolute Gasteiger partial charge is 0.493 e. The van der Waals surface area contributed by atoms with Crippen molar-refractivity contribution in [1.82, 2.24) is 29.1 Å². The number of para-hydroxylation sites is 2. The van der Waals surface area contributed by atoms with Crippen molar-refractivity contribution in [3.05, 3.63) is 182 Å². The van der Waals surface area contributed by atoms with Crippen LogP contribution in [0.4, 0.5) is 0 Å². The molecule has 0 saturated carbocycles. The average molecular weight is 837 g/mol. The van der Waals surface area contributed by atoms with Crippen LogP contribution in [0, 0.1) is 13.8 Å². The van der Waals surface area contributed by atoms with Crippen molar-refractivity contribution in [2.75, 3.05) is 14.2 Å². The molecule has 11 aromatic rings. The predicted molar refractivity (Wildman–Crippen MR) is 253 cm³/mol. The van der Waals surface area contributed by atoms with Crippen LogP contribution in [0.3, 0.4) is 0 Å². The molecule has 0 amide bonds.